The normalized spacial score (nSPS) is 13.3. The summed E-state index contributed by atoms with van der Waals surface area (Å²) in [5, 5.41) is 0. The Balaban J connectivity index is 0. The molecule has 0 unspecified atom stereocenters. The van der Waals surface area contributed by atoms with E-state index in [1.807, 2.05) is 31.2 Å². The summed E-state index contributed by atoms with van der Waals surface area (Å²) in [6, 6.07) is 0. The fraction of sp³-hybridized carbons (Fsp3) is 0.917. The molecule has 0 N–H and O–H groups in total. The van der Waals surface area contributed by atoms with Gasteiger partial charge in [0, 0.05) is 12.3 Å². The van der Waals surface area contributed by atoms with Crippen molar-refractivity contribution in [3.05, 3.63) is 0 Å². The summed E-state index contributed by atoms with van der Waals surface area (Å²) in [6.45, 7) is 9.49. The Labute approximate surface area is 105 Å². The van der Waals surface area contributed by atoms with Crippen molar-refractivity contribution < 1.29 is 0 Å². The predicted molar refractivity (Wildman–Crippen MR) is 79.7 cm³/mol. The highest BCUT2D eigenvalue weighted by atomic mass is 32.2. The van der Waals surface area contributed by atoms with Crippen LogP contribution in [0.5, 0.6) is 0 Å². The maximum atomic E-state index is 4.02. The zero-order valence-electron chi connectivity index (χ0n) is 10.8. The smallest absolute Gasteiger partial charge is 0.0541 e. The summed E-state index contributed by atoms with van der Waals surface area (Å²) < 4.78 is 0. The first-order chi connectivity index (χ1) is 7.41. The second kappa shape index (κ2) is 19.9. The molecule has 1 heterocycles. The third kappa shape index (κ3) is 20.4. The minimum absolute atomic E-state index is 1.05. The van der Waals surface area contributed by atoms with Gasteiger partial charge in [0.2, 0.25) is 0 Å². The summed E-state index contributed by atoms with van der Waals surface area (Å²) in [7, 11) is 0. The van der Waals surface area contributed by atoms with Crippen molar-refractivity contribution in [2.24, 2.45) is 4.99 Å². The van der Waals surface area contributed by atoms with Crippen LogP contribution in [0.15, 0.2) is 4.99 Å². The quantitative estimate of drug-likeness (QED) is 0.669. The minimum atomic E-state index is 1.05. The lowest BCUT2D eigenvalue weighted by molar-refractivity contribution is 0.896. The van der Waals surface area contributed by atoms with Crippen LogP contribution in [0, 0.1) is 0 Å². The van der Waals surface area contributed by atoms with Crippen molar-refractivity contribution in [2.45, 2.75) is 47.0 Å². The molecule has 0 aliphatic carbocycles. The van der Waals surface area contributed by atoms with Gasteiger partial charge in [-0.25, -0.2) is 0 Å². The Hall–Kier alpha value is 0.370. The van der Waals surface area contributed by atoms with Gasteiger partial charge < -0.3 is 0 Å². The molecular weight excluding hydrogens is 222 g/mol. The average molecular weight is 249 g/mol. The first-order valence-electron chi connectivity index (χ1n) is 6.09. The molecule has 0 atom stereocenters. The van der Waals surface area contributed by atoms with E-state index in [9.17, 15) is 0 Å². The van der Waals surface area contributed by atoms with Crippen molar-refractivity contribution in [3.63, 3.8) is 0 Å². The van der Waals surface area contributed by atoms with E-state index in [2.05, 4.69) is 18.8 Å². The zero-order chi connectivity index (χ0) is 11.8. The largest absolute Gasteiger partial charge is 0.286 e. The molecule has 0 bridgehead atoms. The van der Waals surface area contributed by atoms with Crippen LogP contribution in [0.2, 0.25) is 0 Å². The maximum absolute atomic E-state index is 4.02. The highest BCUT2D eigenvalue weighted by Gasteiger charge is 1.88. The van der Waals surface area contributed by atoms with Gasteiger partial charge in [-0.15, -0.1) is 11.8 Å². The molecule has 3 heteroatoms. The third-order valence-corrected chi connectivity index (χ3v) is 3.35. The van der Waals surface area contributed by atoms with Crippen LogP contribution < -0.4 is 0 Å². The van der Waals surface area contributed by atoms with Gasteiger partial charge in [0.15, 0.2) is 0 Å². The molecule has 1 nitrogen and oxygen atoms in total. The lowest BCUT2D eigenvalue weighted by Gasteiger charge is -1.97. The van der Waals surface area contributed by atoms with E-state index in [0.717, 1.165) is 6.54 Å². The van der Waals surface area contributed by atoms with Crippen LogP contribution in [-0.4, -0.2) is 29.3 Å². The Morgan fingerprint density at radius 3 is 2.33 bits per heavy atom. The number of aliphatic imine (C=N–C) groups is 1. The first-order valence-corrected chi connectivity index (χ1v) is 8.29. The molecule has 0 saturated carbocycles. The highest BCUT2D eigenvalue weighted by molar-refractivity contribution is 8.12. The van der Waals surface area contributed by atoms with Gasteiger partial charge in [0.25, 0.3) is 0 Å². The fourth-order valence-corrected chi connectivity index (χ4v) is 2.18. The Morgan fingerprint density at radius 1 is 1.33 bits per heavy atom. The molecule has 0 amide bonds. The SMILES string of the molecule is C1=NCCCS1.CC.CCCCSCC. The van der Waals surface area contributed by atoms with Crippen molar-refractivity contribution in [2.75, 3.05) is 23.8 Å². The van der Waals surface area contributed by atoms with Gasteiger partial charge in [-0.2, -0.15) is 11.8 Å². The van der Waals surface area contributed by atoms with E-state index in [1.165, 1.54) is 36.5 Å². The number of rotatable bonds is 4. The lowest BCUT2D eigenvalue weighted by Crippen LogP contribution is -1.89. The van der Waals surface area contributed by atoms with Gasteiger partial charge in [-0.1, -0.05) is 34.1 Å². The summed E-state index contributed by atoms with van der Waals surface area (Å²) in [6.07, 6.45) is 3.99. The van der Waals surface area contributed by atoms with Crippen molar-refractivity contribution >= 4 is 29.1 Å². The second-order valence-corrected chi connectivity index (χ2v) is 5.13. The number of hydrogen-bond acceptors (Lipinski definition) is 3. The number of thioether (sulfide) groups is 2. The molecule has 0 fully saturated rings. The van der Waals surface area contributed by atoms with Crippen LogP contribution in [-0.2, 0) is 0 Å². The van der Waals surface area contributed by atoms with Crippen molar-refractivity contribution in [1.29, 1.82) is 0 Å². The van der Waals surface area contributed by atoms with Crippen LogP contribution in [0.3, 0.4) is 0 Å². The Bertz CT molecular complexity index is 104. The highest BCUT2D eigenvalue weighted by Crippen LogP contribution is 2.02. The standard InChI is InChI=1S/C6H14S.C4H7NS.C2H6/c1-3-5-6-7-4-2;1-2-5-4-6-3-1;1-2/h3-6H2,1-2H3;4H,1-3H2;1-2H3. The molecular formula is C12H27NS2. The predicted octanol–water partition coefficient (Wildman–Crippen LogP) is 4.72. The van der Waals surface area contributed by atoms with Crippen LogP contribution in [0.25, 0.3) is 0 Å². The summed E-state index contributed by atoms with van der Waals surface area (Å²) in [5.41, 5.74) is 1.93. The monoisotopic (exact) mass is 249 g/mol. The van der Waals surface area contributed by atoms with Crippen molar-refractivity contribution in [1.82, 2.24) is 0 Å². The molecule has 0 aromatic heterocycles. The second-order valence-electron chi connectivity index (χ2n) is 2.79. The van der Waals surface area contributed by atoms with E-state index in [4.69, 9.17) is 0 Å². The third-order valence-electron chi connectivity index (χ3n) is 1.54. The minimum Gasteiger partial charge on any atom is -0.286 e. The molecule has 92 valence electrons. The van der Waals surface area contributed by atoms with Gasteiger partial charge in [0.1, 0.15) is 0 Å². The van der Waals surface area contributed by atoms with Crippen molar-refractivity contribution in [3.8, 4) is 0 Å². The number of nitrogens with zero attached hydrogens (tertiary/aromatic N) is 1. The van der Waals surface area contributed by atoms with Gasteiger partial charge >= 0.3 is 0 Å². The topological polar surface area (TPSA) is 12.4 Å². The van der Waals surface area contributed by atoms with Crippen LogP contribution >= 0.6 is 23.5 Å². The van der Waals surface area contributed by atoms with Gasteiger partial charge in [-0.3, -0.25) is 4.99 Å². The van der Waals surface area contributed by atoms with E-state index < -0.39 is 0 Å². The summed E-state index contributed by atoms with van der Waals surface area (Å²) in [4.78, 5) is 4.02. The maximum Gasteiger partial charge on any atom is 0.0541 e. The fourth-order valence-electron chi connectivity index (χ4n) is 0.788. The van der Waals surface area contributed by atoms with E-state index in [1.54, 1.807) is 11.8 Å². The van der Waals surface area contributed by atoms with Gasteiger partial charge in [0.05, 0.1) is 5.55 Å². The van der Waals surface area contributed by atoms with E-state index in [0.29, 0.717) is 0 Å². The molecule has 1 rings (SSSR count). The molecule has 1 aliphatic rings. The number of hydrogen-bond donors (Lipinski definition) is 0. The summed E-state index contributed by atoms with van der Waals surface area (Å²) in [5.74, 6) is 3.90. The van der Waals surface area contributed by atoms with E-state index in [-0.39, 0.29) is 0 Å². The summed E-state index contributed by atoms with van der Waals surface area (Å²) >= 11 is 3.84. The van der Waals surface area contributed by atoms with Crippen LogP contribution in [0.4, 0.5) is 0 Å². The van der Waals surface area contributed by atoms with Crippen LogP contribution in [0.1, 0.15) is 47.0 Å². The van der Waals surface area contributed by atoms with Gasteiger partial charge in [-0.05, 0) is 24.3 Å². The molecule has 0 aromatic carbocycles. The Morgan fingerprint density at radius 2 is 2.07 bits per heavy atom. The molecule has 0 radical (unpaired) electrons. The molecule has 0 spiro atoms. The lowest BCUT2D eigenvalue weighted by atomic mass is 10.4. The average Bonchev–Trinajstić information content (AvgIpc) is 2.35. The van der Waals surface area contributed by atoms with E-state index >= 15 is 0 Å². The molecule has 0 saturated heterocycles. The Kier molecular flexibility index (Phi) is 23.5. The number of unbranched alkanes of at least 4 members (excludes halogenated alkanes) is 1. The molecule has 15 heavy (non-hydrogen) atoms. The molecule has 1 aliphatic heterocycles. The molecule has 0 aromatic rings. The zero-order valence-corrected chi connectivity index (χ0v) is 12.4. The first kappa shape index (κ1) is 17.8.